The summed E-state index contributed by atoms with van der Waals surface area (Å²) in [5, 5.41) is 8.68. The number of carbonyl (C=O) groups is 2. The summed E-state index contributed by atoms with van der Waals surface area (Å²) in [6, 6.07) is 16.4. The number of carboxylic acids is 1. The largest absolute Gasteiger partial charge is 0.481 e. The number of carboxylic acid groups (broad SMARTS) is 1. The Hall–Kier alpha value is -2.66. The summed E-state index contributed by atoms with van der Waals surface area (Å²) in [6.07, 6.45) is 2.03. The van der Waals surface area contributed by atoms with E-state index in [2.05, 4.69) is 41.0 Å². The first-order valence-electron chi connectivity index (χ1n) is 10.4. The molecule has 29 heavy (non-hydrogen) atoms. The number of carbonyl (C=O) groups excluding carboxylic acids is 1. The van der Waals surface area contributed by atoms with E-state index in [0.29, 0.717) is 5.56 Å². The van der Waals surface area contributed by atoms with Crippen molar-refractivity contribution in [2.75, 3.05) is 37.6 Å². The number of benzene rings is 2. The summed E-state index contributed by atoms with van der Waals surface area (Å²) >= 11 is 0. The molecule has 1 heterocycles. The lowest BCUT2D eigenvalue weighted by atomic mass is 10.0. The van der Waals surface area contributed by atoms with Crippen molar-refractivity contribution in [2.45, 2.75) is 32.6 Å². The molecule has 0 spiro atoms. The third-order valence-corrected chi connectivity index (χ3v) is 5.55. The molecule has 0 aliphatic carbocycles. The van der Waals surface area contributed by atoms with Crippen LogP contribution in [-0.4, -0.2) is 54.5 Å². The van der Waals surface area contributed by atoms with Crippen LogP contribution < -0.4 is 4.90 Å². The molecular formula is C24H30N2O3. The van der Waals surface area contributed by atoms with E-state index in [4.69, 9.17) is 5.11 Å². The fraction of sp³-hybridized carbons (Fsp3) is 0.417. The van der Waals surface area contributed by atoms with E-state index in [1.54, 1.807) is 0 Å². The second-order valence-electron chi connectivity index (χ2n) is 7.78. The third kappa shape index (κ3) is 6.43. The number of Topliss-reactive ketones (excluding diaryl/α,β-unsaturated/α-hetero) is 1. The van der Waals surface area contributed by atoms with Crippen molar-refractivity contribution in [2.24, 2.45) is 0 Å². The Morgan fingerprint density at radius 2 is 1.55 bits per heavy atom. The van der Waals surface area contributed by atoms with Gasteiger partial charge in [0.05, 0.1) is 6.42 Å². The first-order chi connectivity index (χ1) is 14.0. The highest BCUT2D eigenvalue weighted by molar-refractivity contribution is 5.97. The lowest BCUT2D eigenvalue weighted by Gasteiger charge is -2.36. The van der Waals surface area contributed by atoms with Gasteiger partial charge in [-0.15, -0.1) is 0 Å². The minimum absolute atomic E-state index is 0.0588. The van der Waals surface area contributed by atoms with Crippen LogP contribution in [0.2, 0.25) is 0 Å². The van der Waals surface area contributed by atoms with Gasteiger partial charge in [0.15, 0.2) is 5.78 Å². The molecule has 2 aromatic rings. The molecule has 154 valence electrons. The quantitative estimate of drug-likeness (QED) is 0.656. The molecule has 0 amide bonds. The maximum atomic E-state index is 12.0. The van der Waals surface area contributed by atoms with E-state index in [-0.39, 0.29) is 18.6 Å². The summed E-state index contributed by atoms with van der Waals surface area (Å²) in [7, 11) is 0. The van der Waals surface area contributed by atoms with Crippen molar-refractivity contribution in [3.8, 4) is 0 Å². The van der Waals surface area contributed by atoms with Gasteiger partial charge >= 0.3 is 5.97 Å². The highest BCUT2D eigenvalue weighted by atomic mass is 16.4. The smallest absolute Gasteiger partial charge is 0.303 e. The van der Waals surface area contributed by atoms with Crippen molar-refractivity contribution < 1.29 is 14.7 Å². The Morgan fingerprint density at radius 1 is 0.897 bits per heavy atom. The first kappa shape index (κ1) is 21.1. The van der Waals surface area contributed by atoms with Gasteiger partial charge in [-0.2, -0.15) is 0 Å². The van der Waals surface area contributed by atoms with Crippen molar-refractivity contribution in [3.63, 3.8) is 0 Å². The minimum Gasteiger partial charge on any atom is -0.481 e. The zero-order valence-corrected chi connectivity index (χ0v) is 17.1. The molecule has 1 aliphatic rings. The number of hydrogen-bond acceptors (Lipinski definition) is 4. The van der Waals surface area contributed by atoms with Gasteiger partial charge in [-0.05, 0) is 44.0 Å². The predicted molar refractivity (Wildman–Crippen MR) is 116 cm³/mol. The molecular weight excluding hydrogens is 364 g/mol. The highest BCUT2D eigenvalue weighted by Crippen LogP contribution is 2.17. The zero-order valence-electron chi connectivity index (χ0n) is 17.1. The number of rotatable bonds is 9. The Bertz CT molecular complexity index is 807. The molecule has 0 bridgehead atoms. The van der Waals surface area contributed by atoms with Gasteiger partial charge < -0.3 is 10.0 Å². The molecule has 3 rings (SSSR count). The Labute approximate surface area is 172 Å². The number of aryl methyl sites for hydroxylation is 2. The van der Waals surface area contributed by atoms with Crippen LogP contribution in [0.4, 0.5) is 5.69 Å². The van der Waals surface area contributed by atoms with Crippen LogP contribution in [-0.2, 0) is 11.2 Å². The van der Waals surface area contributed by atoms with Gasteiger partial charge in [0.1, 0.15) is 0 Å². The van der Waals surface area contributed by atoms with Gasteiger partial charge in [-0.3, -0.25) is 14.5 Å². The normalized spacial score (nSPS) is 14.7. The number of ketones is 1. The van der Waals surface area contributed by atoms with Crippen molar-refractivity contribution in [1.29, 1.82) is 0 Å². The maximum absolute atomic E-state index is 12.0. The van der Waals surface area contributed by atoms with Crippen LogP contribution in [0.1, 0.15) is 40.7 Å². The van der Waals surface area contributed by atoms with Crippen LogP contribution in [0.3, 0.4) is 0 Å². The number of piperazine rings is 1. The molecule has 1 aliphatic heterocycles. The molecule has 1 N–H and O–H groups in total. The van der Waals surface area contributed by atoms with Gasteiger partial charge in [0.2, 0.25) is 0 Å². The minimum atomic E-state index is -0.935. The average Bonchev–Trinajstić information content (AvgIpc) is 2.73. The van der Waals surface area contributed by atoms with Crippen molar-refractivity contribution in [3.05, 3.63) is 65.2 Å². The van der Waals surface area contributed by atoms with Crippen LogP contribution >= 0.6 is 0 Å². The molecule has 5 heteroatoms. The average molecular weight is 395 g/mol. The molecule has 0 atom stereocenters. The summed E-state index contributed by atoms with van der Waals surface area (Å²) in [5.41, 5.74) is 4.43. The molecule has 1 saturated heterocycles. The monoisotopic (exact) mass is 394 g/mol. The van der Waals surface area contributed by atoms with Gasteiger partial charge in [0, 0.05) is 43.9 Å². The molecule has 5 nitrogen and oxygen atoms in total. The van der Waals surface area contributed by atoms with E-state index < -0.39 is 5.97 Å². The number of aliphatic carboxylic acids is 1. The third-order valence-electron chi connectivity index (χ3n) is 5.55. The van der Waals surface area contributed by atoms with Crippen LogP contribution in [0.25, 0.3) is 0 Å². The maximum Gasteiger partial charge on any atom is 0.303 e. The number of nitrogens with zero attached hydrogens (tertiary/aromatic N) is 2. The van der Waals surface area contributed by atoms with Gasteiger partial charge in [-0.1, -0.05) is 42.0 Å². The molecule has 2 aromatic carbocycles. The van der Waals surface area contributed by atoms with Crippen LogP contribution in [0.5, 0.6) is 0 Å². The first-order valence-corrected chi connectivity index (χ1v) is 10.4. The Balaban J connectivity index is 1.38. The van der Waals surface area contributed by atoms with E-state index in [1.165, 1.54) is 16.8 Å². The second kappa shape index (κ2) is 10.2. The lowest BCUT2D eigenvalue weighted by Crippen LogP contribution is -2.46. The summed E-state index contributed by atoms with van der Waals surface area (Å²) in [5.74, 6) is -1.04. The van der Waals surface area contributed by atoms with Crippen molar-refractivity contribution >= 4 is 17.4 Å². The summed E-state index contributed by atoms with van der Waals surface area (Å²) < 4.78 is 0. The van der Waals surface area contributed by atoms with E-state index in [9.17, 15) is 9.59 Å². The molecule has 0 radical (unpaired) electrons. The zero-order chi connectivity index (χ0) is 20.6. The molecule has 0 saturated carbocycles. The Morgan fingerprint density at radius 3 is 2.17 bits per heavy atom. The fourth-order valence-electron chi connectivity index (χ4n) is 3.71. The summed E-state index contributed by atoms with van der Waals surface area (Å²) in [4.78, 5) is 27.5. The predicted octanol–water partition coefficient (Wildman–Crippen LogP) is 3.80. The SMILES string of the molecule is Cc1ccc(N2CCN(CCCc3ccc(C(=O)CCC(=O)O)cc3)CC2)cc1. The standard InChI is InChI=1S/C24H30N2O3/c1-19-4-10-22(11-5-19)26-17-15-25(16-18-26)14-2-3-20-6-8-21(9-7-20)23(27)12-13-24(28)29/h4-11H,2-3,12-18H2,1H3,(H,28,29). The van der Waals surface area contributed by atoms with Crippen LogP contribution in [0, 0.1) is 6.92 Å². The topological polar surface area (TPSA) is 60.9 Å². The number of hydrogen-bond donors (Lipinski definition) is 1. The number of anilines is 1. The van der Waals surface area contributed by atoms with Gasteiger partial charge in [-0.25, -0.2) is 0 Å². The van der Waals surface area contributed by atoms with Crippen LogP contribution in [0.15, 0.2) is 48.5 Å². The molecule has 1 fully saturated rings. The Kier molecular flexibility index (Phi) is 7.42. The molecule has 0 aromatic heterocycles. The molecule has 0 unspecified atom stereocenters. The van der Waals surface area contributed by atoms with Crippen molar-refractivity contribution in [1.82, 2.24) is 4.90 Å². The lowest BCUT2D eigenvalue weighted by molar-refractivity contribution is -0.136. The summed E-state index contributed by atoms with van der Waals surface area (Å²) in [6.45, 7) is 7.51. The van der Waals surface area contributed by atoms with Gasteiger partial charge in [0.25, 0.3) is 0 Å². The van der Waals surface area contributed by atoms with E-state index in [0.717, 1.165) is 45.6 Å². The second-order valence-corrected chi connectivity index (χ2v) is 7.78. The van der Waals surface area contributed by atoms with E-state index in [1.807, 2.05) is 24.3 Å². The highest BCUT2D eigenvalue weighted by Gasteiger charge is 2.16. The van der Waals surface area contributed by atoms with E-state index >= 15 is 0 Å². The fourth-order valence-corrected chi connectivity index (χ4v) is 3.71.